The Balaban J connectivity index is 1.54. The van der Waals surface area contributed by atoms with Gasteiger partial charge in [0.25, 0.3) is 10.0 Å². The van der Waals surface area contributed by atoms with Crippen molar-refractivity contribution < 1.29 is 22.7 Å². The number of aryl methyl sites for hydroxylation is 1. The van der Waals surface area contributed by atoms with Gasteiger partial charge in [0.1, 0.15) is 18.0 Å². The number of amides is 1. The molecule has 8 nitrogen and oxygen atoms in total. The van der Waals surface area contributed by atoms with Gasteiger partial charge in [-0.25, -0.2) is 8.42 Å². The van der Waals surface area contributed by atoms with E-state index in [-0.39, 0.29) is 28.1 Å². The lowest BCUT2D eigenvalue weighted by Gasteiger charge is -2.37. The van der Waals surface area contributed by atoms with Crippen molar-refractivity contribution >= 4 is 38.9 Å². The second-order valence-electron chi connectivity index (χ2n) is 8.71. The number of nitrogens with zero attached hydrogens (tertiary/aromatic N) is 3. The highest BCUT2D eigenvalue weighted by Gasteiger charge is 2.30. The Morgan fingerprint density at radius 3 is 2.14 bits per heavy atom. The monoisotopic (exact) mass is 543 g/mol. The Hall–Kier alpha value is -3.43. The van der Waals surface area contributed by atoms with E-state index in [1.807, 2.05) is 31.2 Å². The van der Waals surface area contributed by atoms with E-state index in [0.29, 0.717) is 31.9 Å². The van der Waals surface area contributed by atoms with E-state index in [9.17, 15) is 13.2 Å². The molecule has 1 fully saturated rings. The fourth-order valence-electron chi connectivity index (χ4n) is 4.19. The molecule has 0 atom stereocenters. The minimum Gasteiger partial charge on any atom is -0.497 e. The predicted octanol–water partition coefficient (Wildman–Crippen LogP) is 4.21. The van der Waals surface area contributed by atoms with Crippen LogP contribution in [0.3, 0.4) is 0 Å². The average Bonchev–Trinajstić information content (AvgIpc) is 2.92. The van der Waals surface area contributed by atoms with Gasteiger partial charge in [-0.2, -0.15) is 0 Å². The summed E-state index contributed by atoms with van der Waals surface area (Å²) >= 11 is 6.31. The number of piperazine rings is 1. The first-order valence-corrected chi connectivity index (χ1v) is 13.6. The Kier molecular flexibility index (Phi) is 8.14. The van der Waals surface area contributed by atoms with E-state index >= 15 is 0 Å². The largest absolute Gasteiger partial charge is 0.497 e. The van der Waals surface area contributed by atoms with Crippen LogP contribution in [-0.4, -0.2) is 66.2 Å². The summed E-state index contributed by atoms with van der Waals surface area (Å²) in [5, 5.41) is 0.254. The maximum atomic E-state index is 13.7. The maximum absolute atomic E-state index is 13.7. The van der Waals surface area contributed by atoms with E-state index < -0.39 is 10.0 Å². The molecule has 0 radical (unpaired) electrons. The normalized spacial score (nSPS) is 13.8. The number of halogens is 1. The van der Waals surface area contributed by atoms with Crippen LogP contribution >= 0.6 is 11.6 Å². The van der Waals surface area contributed by atoms with E-state index in [1.54, 1.807) is 48.4 Å². The van der Waals surface area contributed by atoms with Gasteiger partial charge in [-0.3, -0.25) is 9.10 Å². The lowest BCUT2D eigenvalue weighted by Crippen LogP contribution is -2.52. The Labute approximate surface area is 223 Å². The van der Waals surface area contributed by atoms with Crippen molar-refractivity contribution in [2.45, 2.75) is 11.8 Å². The van der Waals surface area contributed by atoms with E-state index in [4.69, 9.17) is 21.1 Å². The molecule has 3 aromatic carbocycles. The summed E-state index contributed by atoms with van der Waals surface area (Å²) in [6, 6.07) is 19.0. The van der Waals surface area contributed by atoms with Crippen molar-refractivity contribution in [1.82, 2.24) is 4.90 Å². The third-order valence-electron chi connectivity index (χ3n) is 6.38. The van der Waals surface area contributed by atoms with Crippen LogP contribution in [0.2, 0.25) is 5.02 Å². The van der Waals surface area contributed by atoms with Crippen molar-refractivity contribution in [1.29, 1.82) is 0 Å². The number of carbonyl (C=O) groups excluding carboxylic acids is 1. The molecule has 1 heterocycles. The van der Waals surface area contributed by atoms with Crippen LogP contribution in [-0.2, 0) is 14.8 Å². The van der Waals surface area contributed by atoms with Gasteiger partial charge in [-0.15, -0.1) is 0 Å². The average molecular weight is 544 g/mol. The summed E-state index contributed by atoms with van der Waals surface area (Å²) < 4.78 is 38.9. The zero-order valence-corrected chi connectivity index (χ0v) is 22.6. The smallest absolute Gasteiger partial charge is 0.264 e. The number of sulfonamides is 1. The van der Waals surface area contributed by atoms with Gasteiger partial charge >= 0.3 is 0 Å². The molecule has 3 aromatic rings. The molecule has 0 spiro atoms. The Morgan fingerprint density at radius 1 is 0.919 bits per heavy atom. The minimum atomic E-state index is -4.04. The molecule has 0 unspecified atom stereocenters. The third-order valence-corrected chi connectivity index (χ3v) is 8.46. The van der Waals surface area contributed by atoms with Gasteiger partial charge < -0.3 is 19.3 Å². The fraction of sp³-hybridized carbons (Fsp3) is 0.296. The van der Waals surface area contributed by atoms with Crippen LogP contribution in [0.4, 0.5) is 11.4 Å². The van der Waals surface area contributed by atoms with E-state index in [0.717, 1.165) is 21.3 Å². The number of hydrogen-bond donors (Lipinski definition) is 0. The van der Waals surface area contributed by atoms with Crippen LogP contribution in [0, 0.1) is 6.92 Å². The summed E-state index contributed by atoms with van der Waals surface area (Å²) in [6.07, 6.45) is 0. The number of methoxy groups -OCH3 is 2. The second kappa shape index (κ2) is 11.3. The molecule has 196 valence electrons. The topological polar surface area (TPSA) is 79.4 Å². The molecule has 10 heteroatoms. The highest BCUT2D eigenvalue weighted by Crippen LogP contribution is 2.32. The van der Waals surface area contributed by atoms with E-state index in [2.05, 4.69) is 4.90 Å². The molecule has 1 amide bonds. The summed E-state index contributed by atoms with van der Waals surface area (Å²) in [5.41, 5.74) is 2.27. The van der Waals surface area contributed by atoms with Crippen molar-refractivity contribution in [3.63, 3.8) is 0 Å². The molecule has 0 bridgehead atoms. The molecule has 37 heavy (non-hydrogen) atoms. The Bertz CT molecular complexity index is 1340. The molecular weight excluding hydrogens is 514 g/mol. The van der Waals surface area contributed by atoms with Crippen molar-refractivity contribution in [3.05, 3.63) is 77.3 Å². The van der Waals surface area contributed by atoms with Crippen LogP contribution in [0.25, 0.3) is 0 Å². The third kappa shape index (κ3) is 5.94. The summed E-state index contributed by atoms with van der Waals surface area (Å²) in [7, 11) is -0.928. The Morgan fingerprint density at radius 2 is 1.57 bits per heavy atom. The number of ether oxygens (including phenoxy) is 2. The molecule has 1 saturated heterocycles. The highest BCUT2D eigenvalue weighted by atomic mass is 35.5. The van der Waals surface area contributed by atoms with Gasteiger partial charge in [0, 0.05) is 31.9 Å². The van der Waals surface area contributed by atoms with Gasteiger partial charge in [0.15, 0.2) is 0 Å². The van der Waals surface area contributed by atoms with Crippen molar-refractivity contribution in [2.24, 2.45) is 0 Å². The number of rotatable bonds is 8. The molecule has 0 aromatic heterocycles. The summed E-state index contributed by atoms with van der Waals surface area (Å²) in [6.45, 7) is 3.77. The molecular formula is C27H30ClN3O5S. The van der Waals surface area contributed by atoms with Gasteiger partial charge in [-0.1, -0.05) is 29.3 Å². The summed E-state index contributed by atoms with van der Waals surface area (Å²) in [5.74, 6) is 0.919. The molecule has 0 N–H and O–H groups in total. The lowest BCUT2D eigenvalue weighted by atomic mass is 10.2. The first-order chi connectivity index (χ1) is 17.7. The quantitative estimate of drug-likeness (QED) is 0.423. The van der Waals surface area contributed by atoms with Crippen molar-refractivity contribution in [2.75, 3.05) is 56.1 Å². The molecule has 1 aliphatic rings. The van der Waals surface area contributed by atoms with Gasteiger partial charge in [0.05, 0.1) is 29.8 Å². The first kappa shape index (κ1) is 26.6. The van der Waals surface area contributed by atoms with Gasteiger partial charge in [-0.05, 0) is 61.5 Å². The van der Waals surface area contributed by atoms with Crippen LogP contribution in [0.5, 0.6) is 11.5 Å². The van der Waals surface area contributed by atoms with Crippen LogP contribution < -0.4 is 18.7 Å². The maximum Gasteiger partial charge on any atom is 0.264 e. The SMILES string of the molecule is COc1ccc(N2CCN(C(=O)CN(c3ccc(OC)c(Cl)c3)S(=O)(=O)c3ccc(C)cc3)CC2)cc1. The predicted molar refractivity (Wildman–Crippen MR) is 146 cm³/mol. The fourth-order valence-corrected chi connectivity index (χ4v) is 5.85. The number of carbonyl (C=O) groups is 1. The van der Waals surface area contributed by atoms with Gasteiger partial charge in [0.2, 0.25) is 5.91 Å². The zero-order chi connectivity index (χ0) is 26.6. The molecule has 0 saturated carbocycles. The first-order valence-electron chi connectivity index (χ1n) is 11.8. The number of hydrogen-bond acceptors (Lipinski definition) is 6. The van der Waals surface area contributed by atoms with Crippen LogP contribution in [0.15, 0.2) is 71.6 Å². The standard InChI is InChI=1S/C27H30ClN3O5S/c1-20-4-11-24(12-5-20)37(33,34)31(22-8-13-26(36-3)25(28)18-22)19-27(32)30-16-14-29(15-17-30)21-6-9-23(35-2)10-7-21/h4-13,18H,14-17,19H2,1-3H3. The van der Waals surface area contributed by atoms with Crippen LogP contribution in [0.1, 0.15) is 5.56 Å². The highest BCUT2D eigenvalue weighted by molar-refractivity contribution is 7.92. The lowest BCUT2D eigenvalue weighted by molar-refractivity contribution is -0.129. The minimum absolute atomic E-state index is 0.0992. The van der Waals surface area contributed by atoms with Crippen molar-refractivity contribution in [3.8, 4) is 11.5 Å². The molecule has 0 aliphatic carbocycles. The molecule has 1 aliphatic heterocycles. The molecule has 4 rings (SSSR count). The number of benzene rings is 3. The van der Waals surface area contributed by atoms with E-state index in [1.165, 1.54) is 13.2 Å². The zero-order valence-electron chi connectivity index (χ0n) is 21.1. The number of anilines is 2. The summed E-state index contributed by atoms with van der Waals surface area (Å²) in [4.78, 5) is 17.4. The second-order valence-corrected chi connectivity index (χ2v) is 11.0.